The number of hydrogen-bond acceptors (Lipinski definition) is 5. The van der Waals surface area contributed by atoms with Crippen LogP contribution < -0.4 is 19.6 Å². The van der Waals surface area contributed by atoms with E-state index in [1.807, 2.05) is 38.1 Å². The quantitative estimate of drug-likeness (QED) is 0.295. The van der Waals surface area contributed by atoms with Crippen molar-refractivity contribution < 1.29 is 19.0 Å². The van der Waals surface area contributed by atoms with Crippen molar-refractivity contribution in [3.63, 3.8) is 0 Å². The zero-order valence-corrected chi connectivity index (χ0v) is 20.0. The van der Waals surface area contributed by atoms with Gasteiger partial charge in [0.1, 0.15) is 12.4 Å². The normalized spacial score (nSPS) is 10.8. The Hall–Kier alpha value is -3.22. The average Bonchev–Trinajstić information content (AvgIpc) is 2.79. The fourth-order valence-corrected chi connectivity index (χ4v) is 3.51. The third kappa shape index (κ3) is 6.40. The summed E-state index contributed by atoms with van der Waals surface area (Å²) >= 11 is 12.7. The molecule has 33 heavy (non-hydrogen) atoms. The Bertz CT molecular complexity index is 1170. The van der Waals surface area contributed by atoms with E-state index in [-0.39, 0.29) is 12.5 Å². The molecule has 3 aromatic rings. The Kier molecular flexibility index (Phi) is 8.58. The van der Waals surface area contributed by atoms with Gasteiger partial charge in [-0.3, -0.25) is 4.79 Å². The molecule has 0 unspecified atom stereocenters. The maximum atomic E-state index is 12.5. The molecule has 6 nitrogen and oxygen atoms in total. The van der Waals surface area contributed by atoms with Crippen molar-refractivity contribution in [2.75, 3.05) is 13.7 Å². The predicted octanol–water partition coefficient (Wildman–Crippen LogP) is 6.05. The van der Waals surface area contributed by atoms with E-state index in [1.165, 1.54) is 13.3 Å². The summed E-state index contributed by atoms with van der Waals surface area (Å²) in [7, 11) is 1.52. The number of benzene rings is 3. The number of aryl methyl sites for hydroxylation is 1. The Balaban J connectivity index is 1.75. The lowest BCUT2D eigenvalue weighted by Gasteiger charge is -2.15. The zero-order valence-electron chi connectivity index (χ0n) is 18.5. The van der Waals surface area contributed by atoms with Gasteiger partial charge in [-0.15, -0.1) is 0 Å². The SMILES string of the molecule is CCOc1cc(/C=N\NC(=O)c2ccc(C)cc2OC)cc(Cl)c1OCc1ccccc1Cl. The van der Waals surface area contributed by atoms with Crippen molar-refractivity contribution in [3.8, 4) is 17.2 Å². The van der Waals surface area contributed by atoms with E-state index in [9.17, 15) is 4.79 Å². The zero-order chi connectivity index (χ0) is 23.8. The minimum absolute atomic E-state index is 0.237. The van der Waals surface area contributed by atoms with Crippen molar-refractivity contribution in [1.29, 1.82) is 0 Å². The third-order valence-electron chi connectivity index (χ3n) is 4.64. The van der Waals surface area contributed by atoms with Crippen molar-refractivity contribution >= 4 is 35.3 Å². The van der Waals surface area contributed by atoms with Crippen LogP contribution in [0.3, 0.4) is 0 Å². The number of ether oxygens (including phenoxy) is 3. The van der Waals surface area contributed by atoms with Gasteiger partial charge < -0.3 is 14.2 Å². The first-order chi connectivity index (χ1) is 15.9. The van der Waals surface area contributed by atoms with Gasteiger partial charge in [0.05, 0.1) is 30.5 Å². The van der Waals surface area contributed by atoms with Crippen LogP contribution in [-0.2, 0) is 6.61 Å². The topological polar surface area (TPSA) is 69.2 Å². The minimum atomic E-state index is -0.390. The Morgan fingerprint density at radius 3 is 2.55 bits per heavy atom. The molecule has 0 radical (unpaired) electrons. The lowest BCUT2D eigenvalue weighted by atomic mass is 10.1. The number of methoxy groups -OCH3 is 1. The van der Waals surface area contributed by atoms with Crippen molar-refractivity contribution in [2.24, 2.45) is 5.10 Å². The maximum Gasteiger partial charge on any atom is 0.275 e. The van der Waals surface area contributed by atoms with Crippen LogP contribution in [0.15, 0.2) is 59.7 Å². The van der Waals surface area contributed by atoms with Crippen molar-refractivity contribution in [3.05, 3.63) is 86.9 Å². The molecule has 0 atom stereocenters. The summed E-state index contributed by atoms with van der Waals surface area (Å²) in [4.78, 5) is 12.5. The van der Waals surface area contributed by atoms with Crippen LogP contribution in [0.1, 0.15) is 34.0 Å². The lowest BCUT2D eigenvalue weighted by molar-refractivity contribution is 0.0952. The summed E-state index contributed by atoms with van der Waals surface area (Å²) < 4.78 is 16.9. The number of carbonyl (C=O) groups excluding carboxylic acids is 1. The molecule has 0 fully saturated rings. The Labute approximate surface area is 203 Å². The van der Waals surface area contributed by atoms with Crippen LogP contribution >= 0.6 is 23.2 Å². The number of rotatable bonds is 9. The van der Waals surface area contributed by atoms with Crippen LogP contribution in [-0.4, -0.2) is 25.8 Å². The molecule has 1 amide bonds. The largest absolute Gasteiger partial charge is 0.496 e. The van der Waals surface area contributed by atoms with Crippen LogP contribution in [0.5, 0.6) is 17.2 Å². The van der Waals surface area contributed by atoms with Crippen LogP contribution in [0.25, 0.3) is 0 Å². The van der Waals surface area contributed by atoms with Gasteiger partial charge in [0, 0.05) is 10.6 Å². The highest BCUT2D eigenvalue weighted by Crippen LogP contribution is 2.37. The van der Waals surface area contributed by atoms with E-state index in [2.05, 4.69) is 10.5 Å². The number of hydrogen-bond donors (Lipinski definition) is 1. The fraction of sp³-hybridized carbons (Fsp3) is 0.200. The molecule has 172 valence electrons. The third-order valence-corrected chi connectivity index (χ3v) is 5.29. The van der Waals surface area contributed by atoms with E-state index in [4.69, 9.17) is 37.4 Å². The molecule has 0 saturated heterocycles. The number of halogens is 2. The van der Waals surface area contributed by atoms with E-state index in [0.29, 0.717) is 45.0 Å². The number of amides is 1. The molecule has 0 aliphatic rings. The van der Waals surface area contributed by atoms with E-state index < -0.39 is 0 Å². The molecule has 0 aliphatic heterocycles. The second-order valence-electron chi connectivity index (χ2n) is 7.05. The monoisotopic (exact) mass is 486 g/mol. The highest BCUT2D eigenvalue weighted by molar-refractivity contribution is 6.32. The number of carbonyl (C=O) groups is 1. The first-order valence-electron chi connectivity index (χ1n) is 10.2. The van der Waals surface area contributed by atoms with Crippen LogP contribution in [0, 0.1) is 6.92 Å². The molecule has 0 aliphatic carbocycles. The molecule has 3 aromatic carbocycles. The van der Waals surface area contributed by atoms with Crippen molar-refractivity contribution in [1.82, 2.24) is 5.43 Å². The summed E-state index contributed by atoms with van der Waals surface area (Å²) in [5, 5.41) is 5.00. The second-order valence-corrected chi connectivity index (χ2v) is 7.86. The summed E-state index contributed by atoms with van der Waals surface area (Å²) in [6.07, 6.45) is 1.48. The van der Waals surface area contributed by atoms with Crippen molar-refractivity contribution in [2.45, 2.75) is 20.5 Å². The summed E-state index contributed by atoms with van der Waals surface area (Å²) in [5.74, 6) is 0.956. The van der Waals surface area contributed by atoms with Gasteiger partial charge in [-0.1, -0.05) is 47.5 Å². The van der Waals surface area contributed by atoms with Gasteiger partial charge in [0.15, 0.2) is 11.5 Å². The molecular formula is C25H24Cl2N2O4. The number of nitrogens with zero attached hydrogens (tertiary/aromatic N) is 1. The smallest absolute Gasteiger partial charge is 0.275 e. The minimum Gasteiger partial charge on any atom is -0.496 e. The highest BCUT2D eigenvalue weighted by Gasteiger charge is 2.14. The molecule has 0 spiro atoms. The maximum absolute atomic E-state index is 12.5. The summed E-state index contributed by atoms with van der Waals surface area (Å²) in [6, 6.07) is 16.1. The Morgan fingerprint density at radius 1 is 1.03 bits per heavy atom. The van der Waals surface area contributed by atoms with Gasteiger partial charge in [0.25, 0.3) is 5.91 Å². The molecule has 0 aromatic heterocycles. The molecule has 0 heterocycles. The van der Waals surface area contributed by atoms with E-state index in [1.54, 1.807) is 30.3 Å². The van der Waals surface area contributed by atoms with Gasteiger partial charge in [-0.2, -0.15) is 5.10 Å². The van der Waals surface area contributed by atoms with Gasteiger partial charge in [0.2, 0.25) is 0 Å². The summed E-state index contributed by atoms with van der Waals surface area (Å²) in [6.45, 7) is 4.44. The number of nitrogens with one attached hydrogen (secondary N) is 1. The average molecular weight is 487 g/mol. The summed E-state index contributed by atoms with van der Waals surface area (Å²) in [5.41, 5.74) is 5.33. The van der Waals surface area contributed by atoms with Crippen LogP contribution in [0.2, 0.25) is 10.0 Å². The highest BCUT2D eigenvalue weighted by atomic mass is 35.5. The van der Waals surface area contributed by atoms with Crippen LogP contribution in [0.4, 0.5) is 0 Å². The second kappa shape index (κ2) is 11.6. The number of hydrazone groups is 1. The lowest BCUT2D eigenvalue weighted by Crippen LogP contribution is -2.18. The first kappa shape index (κ1) is 24.4. The molecule has 0 saturated carbocycles. The molecular weight excluding hydrogens is 463 g/mol. The molecule has 3 rings (SSSR count). The van der Waals surface area contributed by atoms with Gasteiger partial charge in [-0.25, -0.2) is 5.43 Å². The van der Waals surface area contributed by atoms with E-state index >= 15 is 0 Å². The standard InChI is InChI=1S/C25H24Cl2N2O4/c1-4-32-23-13-17(12-21(27)24(23)33-15-18-7-5-6-8-20(18)26)14-28-29-25(30)19-10-9-16(2)11-22(19)31-3/h5-14H,4,15H2,1-3H3,(H,29,30)/b28-14-. The van der Waals surface area contributed by atoms with Gasteiger partial charge in [-0.05, 0) is 55.3 Å². The van der Waals surface area contributed by atoms with E-state index in [0.717, 1.165) is 11.1 Å². The molecule has 0 bridgehead atoms. The predicted molar refractivity (Wildman–Crippen MR) is 131 cm³/mol. The fourth-order valence-electron chi connectivity index (χ4n) is 3.04. The Morgan fingerprint density at radius 2 is 1.82 bits per heavy atom. The molecule has 8 heteroatoms. The molecule has 1 N–H and O–H groups in total. The first-order valence-corrected chi connectivity index (χ1v) is 11.0. The van der Waals surface area contributed by atoms with Gasteiger partial charge >= 0.3 is 0 Å².